The van der Waals surface area contributed by atoms with Crippen molar-refractivity contribution in [2.24, 2.45) is 5.92 Å². The fourth-order valence-electron chi connectivity index (χ4n) is 2.23. The first-order valence-electron chi connectivity index (χ1n) is 4.95. The molecule has 1 nitrogen and oxygen atoms in total. The highest BCUT2D eigenvalue weighted by atomic mass is 14.9. The normalized spacial score (nSPS) is 22.4. The Bertz CT molecular complexity index is 246. The van der Waals surface area contributed by atoms with Crippen LogP contribution in [0.25, 0.3) is 0 Å². The van der Waals surface area contributed by atoms with E-state index in [1.807, 2.05) is 0 Å². The Balaban J connectivity index is 2.28. The van der Waals surface area contributed by atoms with E-state index in [9.17, 15) is 0 Å². The van der Waals surface area contributed by atoms with Crippen molar-refractivity contribution in [2.45, 2.75) is 33.1 Å². The Morgan fingerprint density at radius 1 is 1.33 bits per heavy atom. The second kappa shape index (κ2) is 2.96. The summed E-state index contributed by atoms with van der Waals surface area (Å²) in [7, 11) is 0. The van der Waals surface area contributed by atoms with E-state index in [0.29, 0.717) is 5.92 Å². The van der Waals surface area contributed by atoms with E-state index in [-0.39, 0.29) is 0 Å². The van der Waals surface area contributed by atoms with Crippen LogP contribution in [0.1, 0.15) is 33.1 Å². The largest absolute Gasteiger partial charge is 0.388 e. The van der Waals surface area contributed by atoms with Crippen molar-refractivity contribution < 1.29 is 0 Å². The number of rotatable bonds is 1. The summed E-state index contributed by atoms with van der Waals surface area (Å²) in [4.78, 5) is 0. The summed E-state index contributed by atoms with van der Waals surface area (Å²) in [6, 6.07) is 0. The lowest BCUT2D eigenvalue weighted by atomic mass is 9.88. The third-order valence-electron chi connectivity index (χ3n) is 2.81. The molecule has 66 valence electrons. The first-order valence-corrected chi connectivity index (χ1v) is 4.95. The Morgan fingerprint density at radius 3 is 2.92 bits per heavy atom. The highest BCUT2D eigenvalue weighted by molar-refractivity contribution is 5.41. The van der Waals surface area contributed by atoms with Gasteiger partial charge in [0.25, 0.3) is 0 Å². The topological polar surface area (TPSA) is 12.0 Å². The van der Waals surface area contributed by atoms with Crippen LogP contribution in [-0.2, 0) is 0 Å². The maximum Gasteiger partial charge on any atom is 0.0185 e. The van der Waals surface area contributed by atoms with Gasteiger partial charge in [0.2, 0.25) is 0 Å². The molecule has 0 saturated heterocycles. The molecule has 2 aliphatic rings. The molecule has 1 aliphatic heterocycles. The van der Waals surface area contributed by atoms with Crippen LogP contribution in [0.5, 0.6) is 0 Å². The highest BCUT2D eigenvalue weighted by Crippen LogP contribution is 2.33. The fraction of sp³-hybridized carbons (Fsp3) is 0.636. The molecule has 1 N–H and O–H groups in total. The minimum atomic E-state index is 0.704. The van der Waals surface area contributed by atoms with E-state index < -0.39 is 0 Å². The van der Waals surface area contributed by atoms with Gasteiger partial charge in [-0.25, -0.2) is 0 Å². The number of allylic oxidation sites excluding steroid dienone is 3. The molecule has 0 aromatic carbocycles. The SMILES string of the molecule is CC(C)C1=CCCC2=C1CCN2. The molecule has 0 aromatic heterocycles. The zero-order valence-electron chi connectivity index (χ0n) is 7.98. The second-order valence-corrected chi connectivity index (χ2v) is 3.99. The summed E-state index contributed by atoms with van der Waals surface area (Å²) in [6.07, 6.45) is 6.15. The van der Waals surface area contributed by atoms with Gasteiger partial charge in [-0.05, 0) is 36.3 Å². The van der Waals surface area contributed by atoms with E-state index >= 15 is 0 Å². The van der Waals surface area contributed by atoms with Crippen LogP contribution in [0, 0.1) is 5.92 Å². The maximum absolute atomic E-state index is 3.48. The average molecular weight is 163 g/mol. The Hall–Kier alpha value is -0.720. The molecule has 1 heterocycles. The quantitative estimate of drug-likeness (QED) is 0.626. The van der Waals surface area contributed by atoms with E-state index in [2.05, 4.69) is 25.2 Å². The average Bonchev–Trinajstić information content (AvgIpc) is 2.49. The van der Waals surface area contributed by atoms with Gasteiger partial charge in [-0.3, -0.25) is 0 Å². The van der Waals surface area contributed by atoms with Crippen LogP contribution in [-0.4, -0.2) is 6.54 Å². The molecule has 1 aliphatic carbocycles. The monoisotopic (exact) mass is 163 g/mol. The van der Waals surface area contributed by atoms with Crippen LogP contribution >= 0.6 is 0 Å². The molecule has 12 heavy (non-hydrogen) atoms. The van der Waals surface area contributed by atoms with Gasteiger partial charge < -0.3 is 5.32 Å². The third-order valence-corrected chi connectivity index (χ3v) is 2.81. The van der Waals surface area contributed by atoms with Gasteiger partial charge in [-0.1, -0.05) is 19.9 Å². The predicted molar refractivity (Wildman–Crippen MR) is 51.8 cm³/mol. The summed E-state index contributed by atoms with van der Waals surface area (Å²) in [5.74, 6) is 0.704. The maximum atomic E-state index is 3.48. The van der Waals surface area contributed by atoms with Gasteiger partial charge in [0, 0.05) is 12.2 Å². The molecule has 0 fully saturated rings. The molecule has 0 saturated carbocycles. The van der Waals surface area contributed by atoms with Gasteiger partial charge in [0.1, 0.15) is 0 Å². The fourth-order valence-corrected chi connectivity index (χ4v) is 2.23. The minimum absolute atomic E-state index is 0.704. The van der Waals surface area contributed by atoms with E-state index in [4.69, 9.17) is 0 Å². The summed E-state index contributed by atoms with van der Waals surface area (Å²) >= 11 is 0. The van der Waals surface area contributed by atoms with Crippen molar-refractivity contribution >= 4 is 0 Å². The van der Waals surface area contributed by atoms with Crippen LogP contribution in [0.2, 0.25) is 0 Å². The van der Waals surface area contributed by atoms with Crippen LogP contribution in [0.15, 0.2) is 22.9 Å². The van der Waals surface area contributed by atoms with Crippen molar-refractivity contribution in [3.63, 3.8) is 0 Å². The molecule has 1 heteroatoms. The van der Waals surface area contributed by atoms with Crippen LogP contribution in [0.3, 0.4) is 0 Å². The van der Waals surface area contributed by atoms with Crippen molar-refractivity contribution in [3.8, 4) is 0 Å². The van der Waals surface area contributed by atoms with Crippen LogP contribution in [0.4, 0.5) is 0 Å². The molecule has 0 amide bonds. The van der Waals surface area contributed by atoms with Crippen molar-refractivity contribution in [1.82, 2.24) is 5.32 Å². The number of hydrogen-bond acceptors (Lipinski definition) is 1. The van der Waals surface area contributed by atoms with Crippen molar-refractivity contribution in [1.29, 1.82) is 0 Å². The summed E-state index contributed by atoms with van der Waals surface area (Å²) in [5.41, 5.74) is 4.75. The highest BCUT2D eigenvalue weighted by Gasteiger charge is 2.21. The lowest BCUT2D eigenvalue weighted by Gasteiger charge is -2.18. The molecule has 0 radical (unpaired) electrons. The molecule has 0 aromatic rings. The lowest BCUT2D eigenvalue weighted by Crippen LogP contribution is -2.09. The van der Waals surface area contributed by atoms with Gasteiger partial charge in [0.05, 0.1) is 0 Å². The second-order valence-electron chi connectivity index (χ2n) is 3.99. The molecule has 0 unspecified atom stereocenters. The minimum Gasteiger partial charge on any atom is -0.388 e. The molecule has 0 atom stereocenters. The van der Waals surface area contributed by atoms with Gasteiger partial charge in [-0.15, -0.1) is 0 Å². The summed E-state index contributed by atoms with van der Waals surface area (Å²) in [5, 5.41) is 3.48. The number of nitrogens with one attached hydrogen (secondary N) is 1. The molecular weight excluding hydrogens is 146 g/mol. The van der Waals surface area contributed by atoms with Crippen molar-refractivity contribution in [3.05, 3.63) is 22.9 Å². The zero-order valence-corrected chi connectivity index (χ0v) is 7.98. The van der Waals surface area contributed by atoms with Crippen molar-refractivity contribution in [2.75, 3.05) is 6.54 Å². The first-order chi connectivity index (χ1) is 5.79. The van der Waals surface area contributed by atoms with E-state index in [1.165, 1.54) is 25.0 Å². The zero-order chi connectivity index (χ0) is 8.55. The summed E-state index contributed by atoms with van der Waals surface area (Å²) < 4.78 is 0. The van der Waals surface area contributed by atoms with E-state index in [0.717, 1.165) is 6.54 Å². The molecule has 2 rings (SSSR count). The molecule has 0 bridgehead atoms. The Kier molecular flexibility index (Phi) is 1.95. The summed E-state index contributed by atoms with van der Waals surface area (Å²) in [6.45, 7) is 5.74. The standard InChI is InChI=1S/C11H17N/c1-8(2)9-4-3-5-11-10(9)6-7-12-11/h4,8,12H,3,5-7H2,1-2H3. The lowest BCUT2D eigenvalue weighted by molar-refractivity contribution is 0.741. The van der Waals surface area contributed by atoms with E-state index in [1.54, 1.807) is 11.1 Å². The number of hydrogen-bond donors (Lipinski definition) is 1. The smallest absolute Gasteiger partial charge is 0.0185 e. The van der Waals surface area contributed by atoms with Crippen LogP contribution < -0.4 is 5.32 Å². The Labute approximate surface area is 74.5 Å². The Morgan fingerprint density at radius 2 is 2.17 bits per heavy atom. The van der Waals surface area contributed by atoms with Gasteiger partial charge >= 0.3 is 0 Å². The molecule has 0 spiro atoms. The third kappa shape index (κ3) is 1.17. The van der Waals surface area contributed by atoms with Gasteiger partial charge in [0.15, 0.2) is 0 Å². The predicted octanol–water partition coefficient (Wildman–Crippen LogP) is 2.61. The first kappa shape index (κ1) is 7.90. The molecular formula is C11H17N. The van der Waals surface area contributed by atoms with Gasteiger partial charge in [-0.2, -0.15) is 0 Å².